The third-order valence-electron chi connectivity index (χ3n) is 6.45. The van der Waals surface area contributed by atoms with Crippen LogP contribution in [0.25, 0.3) is 5.57 Å². The maximum atomic E-state index is 12.8. The summed E-state index contributed by atoms with van der Waals surface area (Å²) in [7, 11) is 0. The second-order valence-corrected chi connectivity index (χ2v) is 8.35. The SMILES string of the molecule is C=C/C=C(\C=C/N)c1ccc(C(=O)Nc2ccc3c(c2)CCN(C2CCC2)CC3)cc1. The Morgan fingerprint density at radius 2 is 1.74 bits per heavy atom. The van der Waals surface area contributed by atoms with Crippen molar-refractivity contribution < 1.29 is 4.79 Å². The van der Waals surface area contributed by atoms with E-state index in [-0.39, 0.29) is 5.91 Å². The van der Waals surface area contributed by atoms with E-state index in [9.17, 15) is 4.79 Å². The molecule has 2 aromatic rings. The monoisotopic (exact) mass is 413 g/mol. The van der Waals surface area contributed by atoms with Crippen LogP contribution >= 0.6 is 0 Å². The third kappa shape index (κ3) is 4.97. The van der Waals surface area contributed by atoms with Crippen LogP contribution < -0.4 is 11.1 Å². The molecule has 0 aromatic heterocycles. The van der Waals surface area contributed by atoms with E-state index >= 15 is 0 Å². The number of nitrogens with two attached hydrogens (primary N) is 1. The normalized spacial score (nSPS) is 17.6. The minimum atomic E-state index is -0.0974. The van der Waals surface area contributed by atoms with Gasteiger partial charge in [-0.2, -0.15) is 0 Å². The van der Waals surface area contributed by atoms with E-state index < -0.39 is 0 Å². The molecule has 0 atom stereocenters. The Labute approximate surface area is 185 Å². The molecule has 0 bridgehead atoms. The van der Waals surface area contributed by atoms with Crippen LogP contribution in [-0.2, 0) is 12.8 Å². The Morgan fingerprint density at radius 1 is 1.03 bits per heavy atom. The summed E-state index contributed by atoms with van der Waals surface area (Å²) < 4.78 is 0. The molecule has 2 aliphatic rings. The molecule has 1 aliphatic heterocycles. The van der Waals surface area contributed by atoms with Crippen LogP contribution in [0.4, 0.5) is 5.69 Å². The number of amides is 1. The van der Waals surface area contributed by atoms with E-state index in [4.69, 9.17) is 5.73 Å². The van der Waals surface area contributed by atoms with E-state index in [1.165, 1.54) is 36.6 Å². The van der Waals surface area contributed by atoms with E-state index in [1.54, 1.807) is 6.08 Å². The molecule has 3 N–H and O–H groups in total. The van der Waals surface area contributed by atoms with Gasteiger partial charge in [0.25, 0.3) is 5.91 Å². The number of hydrogen-bond acceptors (Lipinski definition) is 3. The number of allylic oxidation sites excluding steroid dienone is 4. The van der Waals surface area contributed by atoms with Gasteiger partial charge in [-0.05, 0) is 84.5 Å². The predicted molar refractivity (Wildman–Crippen MR) is 129 cm³/mol. The number of carbonyl (C=O) groups is 1. The number of anilines is 1. The molecule has 31 heavy (non-hydrogen) atoms. The standard InChI is InChI=1S/C27H31N3O/c1-2-4-20(13-16-28)21-7-9-23(10-8-21)27(31)29-25-12-11-22-14-17-30(26-5-3-6-26)18-15-24(22)19-25/h2,4,7-13,16,19,26H,1,3,5-6,14-15,17-18,28H2,(H,29,31)/b16-13-,20-4+. The van der Waals surface area contributed by atoms with Crippen LogP contribution in [0.15, 0.2) is 73.5 Å². The Kier molecular flexibility index (Phi) is 6.68. The van der Waals surface area contributed by atoms with Crippen molar-refractivity contribution in [3.8, 4) is 0 Å². The Bertz CT molecular complexity index is 1000. The lowest BCUT2D eigenvalue weighted by Gasteiger charge is -2.36. The van der Waals surface area contributed by atoms with Crippen LogP contribution in [0.2, 0.25) is 0 Å². The number of benzene rings is 2. The molecule has 1 heterocycles. The highest BCUT2D eigenvalue weighted by molar-refractivity contribution is 6.04. The van der Waals surface area contributed by atoms with Crippen molar-refractivity contribution in [2.45, 2.75) is 38.1 Å². The van der Waals surface area contributed by atoms with Crippen molar-refractivity contribution in [1.82, 2.24) is 4.90 Å². The van der Waals surface area contributed by atoms with Gasteiger partial charge in [0.1, 0.15) is 0 Å². The van der Waals surface area contributed by atoms with Crippen molar-refractivity contribution >= 4 is 17.2 Å². The summed E-state index contributed by atoms with van der Waals surface area (Å²) in [6.07, 6.45) is 13.2. The summed E-state index contributed by atoms with van der Waals surface area (Å²) in [6.45, 7) is 6.01. The maximum absolute atomic E-state index is 12.8. The molecular formula is C27H31N3O. The van der Waals surface area contributed by atoms with E-state index in [0.29, 0.717) is 5.56 Å². The van der Waals surface area contributed by atoms with Gasteiger partial charge < -0.3 is 11.1 Å². The number of rotatable bonds is 6. The number of carbonyl (C=O) groups excluding carboxylic acids is 1. The molecule has 1 aliphatic carbocycles. The molecule has 0 radical (unpaired) electrons. The zero-order valence-electron chi connectivity index (χ0n) is 18.0. The molecule has 0 saturated heterocycles. The topological polar surface area (TPSA) is 58.4 Å². The fourth-order valence-electron chi connectivity index (χ4n) is 4.43. The lowest BCUT2D eigenvalue weighted by Crippen LogP contribution is -2.41. The van der Waals surface area contributed by atoms with Gasteiger partial charge in [-0.1, -0.05) is 43.4 Å². The lowest BCUT2D eigenvalue weighted by atomic mass is 9.91. The van der Waals surface area contributed by atoms with Gasteiger partial charge in [0.15, 0.2) is 0 Å². The van der Waals surface area contributed by atoms with Crippen molar-refractivity contribution in [2.24, 2.45) is 5.73 Å². The molecule has 4 rings (SSSR count). The number of nitrogens with one attached hydrogen (secondary N) is 1. The first-order chi connectivity index (χ1) is 15.2. The third-order valence-corrected chi connectivity index (χ3v) is 6.45. The van der Waals surface area contributed by atoms with E-state index in [1.807, 2.05) is 42.5 Å². The van der Waals surface area contributed by atoms with Gasteiger partial charge in [-0.3, -0.25) is 9.69 Å². The first-order valence-corrected chi connectivity index (χ1v) is 11.2. The van der Waals surface area contributed by atoms with Crippen LogP contribution in [-0.4, -0.2) is 29.9 Å². The molecule has 1 saturated carbocycles. The average Bonchev–Trinajstić information content (AvgIpc) is 2.95. The van der Waals surface area contributed by atoms with E-state index in [2.05, 4.69) is 28.9 Å². The van der Waals surface area contributed by atoms with Crippen molar-refractivity contribution in [3.63, 3.8) is 0 Å². The Hall–Kier alpha value is -3.11. The largest absolute Gasteiger partial charge is 0.405 e. The minimum Gasteiger partial charge on any atom is -0.405 e. The highest BCUT2D eigenvalue weighted by Crippen LogP contribution is 2.28. The molecule has 0 unspecified atom stereocenters. The smallest absolute Gasteiger partial charge is 0.255 e. The molecule has 2 aromatic carbocycles. The van der Waals surface area contributed by atoms with Crippen LogP contribution in [0.1, 0.15) is 46.3 Å². The fraction of sp³-hybridized carbons (Fsp3) is 0.296. The van der Waals surface area contributed by atoms with Gasteiger partial charge >= 0.3 is 0 Å². The highest BCUT2D eigenvalue weighted by atomic mass is 16.1. The summed E-state index contributed by atoms with van der Waals surface area (Å²) in [4.78, 5) is 15.4. The minimum absolute atomic E-state index is 0.0974. The predicted octanol–water partition coefficient (Wildman–Crippen LogP) is 4.93. The number of hydrogen-bond donors (Lipinski definition) is 2. The number of nitrogens with zero attached hydrogens (tertiary/aromatic N) is 1. The maximum Gasteiger partial charge on any atom is 0.255 e. The summed E-state index contributed by atoms with van der Waals surface area (Å²) in [5.41, 5.74) is 11.7. The van der Waals surface area contributed by atoms with Crippen LogP contribution in [0, 0.1) is 0 Å². The molecule has 160 valence electrons. The van der Waals surface area contributed by atoms with Gasteiger partial charge in [-0.25, -0.2) is 0 Å². The fourth-order valence-corrected chi connectivity index (χ4v) is 4.43. The molecule has 4 heteroatoms. The summed E-state index contributed by atoms with van der Waals surface area (Å²) >= 11 is 0. The molecular weight excluding hydrogens is 382 g/mol. The summed E-state index contributed by atoms with van der Waals surface area (Å²) in [5.74, 6) is -0.0974. The van der Waals surface area contributed by atoms with E-state index in [0.717, 1.165) is 48.8 Å². The van der Waals surface area contributed by atoms with Crippen LogP contribution in [0.3, 0.4) is 0 Å². The highest BCUT2D eigenvalue weighted by Gasteiger charge is 2.26. The molecule has 1 fully saturated rings. The first kappa shape index (κ1) is 21.1. The van der Waals surface area contributed by atoms with Gasteiger partial charge in [0.2, 0.25) is 0 Å². The van der Waals surface area contributed by atoms with Crippen molar-refractivity contribution in [1.29, 1.82) is 0 Å². The second-order valence-electron chi connectivity index (χ2n) is 8.35. The lowest BCUT2D eigenvalue weighted by molar-refractivity contribution is 0.102. The second kappa shape index (κ2) is 9.80. The first-order valence-electron chi connectivity index (χ1n) is 11.2. The Morgan fingerprint density at radius 3 is 2.39 bits per heavy atom. The van der Waals surface area contributed by atoms with Crippen molar-refractivity contribution in [2.75, 3.05) is 18.4 Å². The molecule has 4 nitrogen and oxygen atoms in total. The quantitative estimate of drug-likeness (QED) is 0.660. The number of fused-ring (bicyclic) bond motifs is 1. The van der Waals surface area contributed by atoms with Gasteiger partial charge in [0.05, 0.1) is 0 Å². The zero-order valence-corrected chi connectivity index (χ0v) is 18.0. The zero-order chi connectivity index (χ0) is 21.6. The van der Waals surface area contributed by atoms with Gasteiger partial charge in [-0.15, -0.1) is 0 Å². The molecule has 1 amide bonds. The summed E-state index contributed by atoms with van der Waals surface area (Å²) in [6, 6.07) is 14.7. The average molecular weight is 414 g/mol. The van der Waals surface area contributed by atoms with Crippen LogP contribution in [0.5, 0.6) is 0 Å². The molecule has 0 spiro atoms. The van der Waals surface area contributed by atoms with Gasteiger partial charge in [0, 0.05) is 30.4 Å². The van der Waals surface area contributed by atoms with Crippen molar-refractivity contribution in [3.05, 3.63) is 95.7 Å². The summed E-state index contributed by atoms with van der Waals surface area (Å²) in [5, 5.41) is 3.07. The Balaban J connectivity index is 1.43.